The zero-order valence-electron chi connectivity index (χ0n) is 17.5. The molecule has 2 heterocycles. The number of thiazole rings is 1. The molecule has 0 unspecified atom stereocenters. The van der Waals surface area contributed by atoms with Crippen molar-refractivity contribution in [3.8, 4) is 11.8 Å². The second kappa shape index (κ2) is 10.4. The summed E-state index contributed by atoms with van der Waals surface area (Å²) in [6, 6.07) is 15.6. The van der Waals surface area contributed by atoms with E-state index < -0.39 is 0 Å². The van der Waals surface area contributed by atoms with Gasteiger partial charge in [0.1, 0.15) is 23.2 Å². The molecule has 0 aliphatic carbocycles. The number of ether oxygens (including phenoxy) is 1. The number of nitrogens with zero attached hydrogens (tertiary/aromatic N) is 4. The van der Waals surface area contributed by atoms with Crippen LogP contribution in [0.25, 0.3) is 0 Å². The molecule has 8 heteroatoms. The summed E-state index contributed by atoms with van der Waals surface area (Å²) in [4.78, 5) is 21.4. The van der Waals surface area contributed by atoms with Gasteiger partial charge in [-0.15, -0.1) is 11.3 Å². The van der Waals surface area contributed by atoms with Crippen LogP contribution in [0.4, 0.5) is 4.39 Å². The second-order valence-corrected chi connectivity index (χ2v) is 8.56. The van der Waals surface area contributed by atoms with Gasteiger partial charge in [-0.2, -0.15) is 5.26 Å². The Bertz CT molecular complexity index is 1080. The molecule has 32 heavy (non-hydrogen) atoms. The van der Waals surface area contributed by atoms with Gasteiger partial charge in [-0.05, 0) is 42.0 Å². The number of hydrogen-bond donors (Lipinski definition) is 0. The summed E-state index contributed by atoms with van der Waals surface area (Å²) < 4.78 is 18.6. The highest BCUT2D eigenvalue weighted by Crippen LogP contribution is 2.17. The minimum Gasteiger partial charge on any atom is -0.486 e. The Morgan fingerprint density at radius 3 is 2.50 bits per heavy atom. The van der Waals surface area contributed by atoms with E-state index in [9.17, 15) is 9.18 Å². The maximum atomic E-state index is 13.0. The van der Waals surface area contributed by atoms with Crippen LogP contribution in [0.1, 0.15) is 21.8 Å². The predicted molar refractivity (Wildman–Crippen MR) is 120 cm³/mol. The lowest BCUT2D eigenvalue weighted by atomic mass is 10.1. The summed E-state index contributed by atoms with van der Waals surface area (Å²) in [5, 5.41) is 11.6. The molecule has 0 spiro atoms. The molecular formula is C24H23FN4O2S. The van der Waals surface area contributed by atoms with Crippen molar-refractivity contribution in [1.82, 2.24) is 14.8 Å². The summed E-state index contributed by atoms with van der Waals surface area (Å²) >= 11 is 1.46. The third-order valence-corrected chi connectivity index (χ3v) is 6.19. The molecule has 3 aromatic rings. The smallest absolute Gasteiger partial charge is 0.228 e. The fourth-order valence-electron chi connectivity index (χ4n) is 3.54. The van der Waals surface area contributed by atoms with Crippen LogP contribution in [0.5, 0.6) is 5.75 Å². The lowest BCUT2D eigenvalue weighted by Gasteiger charge is -2.34. The number of carbonyl (C=O) groups excluding carboxylic acids is 1. The van der Waals surface area contributed by atoms with Gasteiger partial charge >= 0.3 is 0 Å². The molecular weight excluding hydrogens is 427 g/mol. The Morgan fingerprint density at radius 2 is 1.81 bits per heavy atom. The van der Waals surface area contributed by atoms with Gasteiger partial charge in [-0.3, -0.25) is 9.69 Å². The highest BCUT2D eigenvalue weighted by Gasteiger charge is 2.22. The summed E-state index contributed by atoms with van der Waals surface area (Å²) in [6.45, 7) is 4.13. The summed E-state index contributed by atoms with van der Waals surface area (Å²) in [7, 11) is 0. The van der Waals surface area contributed by atoms with E-state index >= 15 is 0 Å². The Hall–Kier alpha value is -3.28. The van der Waals surface area contributed by atoms with E-state index in [4.69, 9.17) is 10.00 Å². The van der Waals surface area contributed by atoms with Crippen LogP contribution < -0.4 is 4.74 Å². The molecule has 164 valence electrons. The Labute approximate surface area is 190 Å². The van der Waals surface area contributed by atoms with E-state index in [2.05, 4.69) is 16.0 Å². The minimum atomic E-state index is -0.303. The molecule has 4 rings (SSSR count). The highest BCUT2D eigenvalue weighted by molar-refractivity contribution is 7.09. The zero-order chi connectivity index (χ0) is 22.3. The van der Waals surface area contributed by atoms with E-state index in [1.807, 2.05) is 34.5 Å². The number of halogens is 1. The SMILES string of the molecule is N#Cc1ccc(CN2CCN(C(=O)Cc3csc(COc4ccc(F)cc4)n3)CC2)cc1. The summed E-state index contributed by atoms with van der Waals surface area (Å²) in [5.41, 5.74) is 2.58. The molecule has 1 fully saturated rings. The van der Waals surface area contributed by atoms with Gasteiger partial charge in [0.05, 0.1) is 23.7 Å². The van der Waals surface area contributed by atoms with Crippen molar-refractivity contribution in [2.24, 2.45) is 0 Å². The first-order chi connectivity index (χ1) is 15.6. The van der Waals surface area contributed by atoms with E-state index in [1.54, 1.807) is 12.1 Å². The molecule has 6 nitrogen and oxygen atoms in total. The van der Waals surface area contributed by atoms with Crippen LogP contribution in [0.2, 0.25) is 0 Å². The van der Waals surface area contributed by atoms with E-state index in [0.717, 1.165) is 30.3 Å². The third-order valence-electron chi connectivity index (χ3n) is 5.32. The standard InChI is InChI=1S/C24H23FN4O2S/c25-20-5-7-22(8-6-20)31-16-23-27-21(17-32-23)13-24(30)29-11-9-28(10-12-29)15-19-3-1-18(14-26)2-4-19/h1-8,17H,9-13,15-16H2. The maximum absolute atomic E-state index is 13.0. The average molecular weight is 451 g/mol. The van der Waals surface area contributed by atoms with Gasteiger partial charge in [0.15, 0.2) is 0 Å². The number of rotatable bonds is 7. The molecule has 1 aliphatic rings. The van der Waals surface area contributed by atoms with Crippen molar-refractivity contribution in [2.45, 2.75) is 19.6 Å². The number of carbonyl (C=O) groups is 1. The maximum Gasteiger partial charge on any atom is 0.228 e. The average Bonchev–Trinajstić information content (AvgIpc) is 3.27. The first kappa shape index (κ1) is 21.9. The van der Waals surface area contributed by atoms with Crippen LogP contribution in [0, 0.1) is 17.1 Å². The van der Waals surface area contributed by atoms with E-state index in [0.29, 0.717) is 31.0 Å². The van der Waals surface area contributed by atoms with Gasteiger partial charge in [0.2, 0.25) is 5.91 Å². The molecule has 1 aromatic heterocycles. The number of amides is 1. The fourth-order valence-corrected chi connectivity index (χ4v) is 4.24. The molecule has 2 aromatic carbocycles. The number of hydrogen-bond acceptors (Lipinski definition) is 6. The predicted octanol–water partition coefficient (Wildman–Crippen LogP) is 3.62. The van der Waals surface area contributed by atoms with Gasteiger partial charge in [0, 0.05) is 38.1 Å². The normalized spacial score (nSPS) is 14.2. The van der Waals surface area contributed by atoms with Crippen molar-refractivity contribution >= 4 is 17.2 Å². The van der Waals surface area contributed by atoms with Gasteiger partial charge < -0.3 is 9.64 Å². The van der Waals surface area contributed by atoms with Crippen molar-refractivity contribution < 1.29 is 13.9 Å². The first-order valence-electron chi connectivity index (χ1n) is 10.4. The van der Waals surface area contributed by atoms with Gasteiger partial charge in [-0.25, -0.2) is 9.37 Å². The molecule has 0 N–H and O–H groups in total. The fraction of sp³-hybridized carbons (Fsp3) is 0.292. The lowest BCUT2D eigenvalue weighted by Crippen LogP contribution is -2.48. The van der Waals surface area contributed by atoms with E-state index in [1.165, 1.54) is 29.0 Å². The Morgan fingerprint density at radius 1 is 1.09 bits per heavy atom. The lowest BCUT2D eigenvalue weighted by molar-refractivity contribution is -0.132. The van der Waals surface area contributed by atoms with Gasteiger partial charge in [0.25, 0.3) is 0 Å². The Balaban J connectivity index is 1.21. The molecule has 1 amide bonds. The molecule has 0 atom stereocenters. The minimum absolute atomic E-state index is 0.0827. The molecule has 0 radical (unpaired) electrons. The molecule has 1 aliphatic heterocycles. The molecule has 0 saturated carbocycles. The molecule has 0 bridgehead atoms. The number of benzene rings is 2. The monoisotopic (exact) mass is 450 g/mol. The molecule has 1 saturated heterocycles. The van der Waals surface area contributed by atoms with Gasteiger partial charge in [-0.1, -0.05) is 12.1 Å². The van der Waals surface area contributed by atoms with E-state index in [-0.39, 0.29) is 18.1 Å². The van der Waals surface area contributed by atoms with Crippen molar-refractivity contribution in [2.75, 3.05) is 26.2 Å². The third kappa shape index (κ3) is 5.90. The highest BCUT2D eigenvalue weighted by atomic mass is 32.1. The second-order valence-electron chi connectivity index (χ2n) is 7.62. The largest absolute Gasteiger partial charge is 0.486 e. The summed E-state index contributed by atoms with van der Waals surface area (Å²) in [5.74, 6) is 0.361. The van der Waals surface area contributed by atoms with Crippen molar-refractivity contribution in [1.29, 1.82) is 5.26 Å². The van der Waals surface area contributed by atoms with Crippen molar-refractivity contribution in [3.63, 3.8) is 0 Å². The van der Waals surface area contributed by atoms with Crippen molar-refractivity contribution in [3.05, 3.63) is 81.6 Å². The quantitative estimate of drug-likeness (QED) is 0.550. The number of aromatic nitrogens is 1. The number of nitriles is 1. The van der Waals surface area contributed by atoms with Crippen LogP contribution in [0.15, 0.2) is 53.9 Å². The van der Waals surface area contributed by atoms with Crippen LogP contribution in [0.3, 0.4) is 0 Å². The van der Waals surface area contributed by atoms with Crippen LogP contribution >= 0.6 is 11.3 Å². The summed E-state index contributed by atoms with van der Waals surface area (Å²) in [6.07, 6.45) is 0.280. The zero-order valence-corrected chi connectivity index (χ0v) is 18.4. The van der Waals surface area contributed by atoms with Crippen LogP contribution in [-0.2, 0) is 24.4 Å². The Kier molecular flexibility index (Phi) is 7.10. The van der Waals surface area contributed by atoms with Crippen LogP contribution in [-0.4, -0.2) is 46.9 Å². The topological polar surface area (TPSA) is 69.5 Å². The number of piperazine rings is 1. The first-order valence-corrected chi connectivity index (χ1v) is 11.3.